The monoisotopic (exact) mass is 509 g/mol. The average Bonchev–Trinajstić information content (AvgIpc) is 2.85. The molecule has 0 radical (unpaired) electrons. The summed E-state index contributed by atoms with van der Waals surface area (Å²) >= 11 is 0. The van der Waals surface area contributed by atoms with Gasteiger partial charge < -0.3 is 26.7 Å². The van der Waals surface area contributed by atoms with Crippen molar-refractivity contribution < 1.29 is 29.3 Å². The molecule has 0 saturated carbocycles. The van der Waals surface area contributed by atoms with Crippen molar-refractivity contribution in [2.45, 2.75) is 25.6 Å². The number of hydrogen-bond donors (Lipinski definition) is 4. The largest absolute Gasteiger partial charge is 0.482 e. The van der Waals surface area contributed by atoms with Gasteiger partial charge in [-0.05, 0) is 56.3 Å². The van der Waals surface area contributed by atoms with Crippen LogP contribution in [0.5, 0.6) is 0 Å². The fourth-order valence-corrected chi connectivity index (χ4v) is 2.86. The van der Waals surface area contributed by atoms with E-state index in [-0.39, 0.29) is 31.5 Å². The van der Waals surface area contributed by atoms with Crippen LogP contribution in [0, 0.1) is 0 Å². The molecule has 11 nitrogen and oxygen atoms in total. The van der Waals surface area contributed by atoms with Gasteiger partial charge in [0.05, 0.1) is 11.4 Å². The normalized spacial score (nSPS) is 12.4. The van der Waals surface area contributed by atoms with Crippen LogP contribution < -0.4 is 28.1 Å². The SMILES string of the molecule is CN.CN(N)N(C(=O)OCc1cccc(NC(=O)C(F)(F)OC2=CCCC=C2)n1)c1ccccc1.N.[HH]. The molecule has 1 aliphatic carbocycles. The summed E-state index contributed by atoms with van der Waals surface area (Å²) in [5, 5.41) is 4.16. The van der Waals surface area contributed by atoms with Crippen LogP contribution in [-0.2, 0) is 20.9 Å². The Morgan fingerprint density at radius 2 is 1.83 bits per heavy atom. The quantitative estimate of drug-likeness (QED) is 0.306. The van der Waals surface area contributed by atoms with Gasteiger partial charge in [-0.3, -0.25) is 10.6 Å². The van der Waals surface area contributed by atoms with E-state index in [2.05, 4.69) is 15.5 Å². The number of rotatable bonds is 8. The highest BCUT2D eigenvalue weighted by atomic mass is 19.3. The Bertz CT molecular complexity index is 1060. The molecule has 0 saturated heterocycles. The van der Waals surface area contributed by atoms with Crippen molar-refractivity contribution >= 4 is 23.5 Å². The Hall–Kier alpha value is -3.91. The van der Waals surface area contributed by atoms with Crippen molar-refractivity contribution in [1.82, 2.24) is 16.3 Å². The number of aromatic nitrogens is 1. The Morgan fingerprint density at radius 3 is 2.44 bits per heavy atom. The number of hydrogen-bond acceptors (Lipinski definition) is 9. The molecule has 1 aromatic heterocycles. The third-order valence-electron chi connectivity index (χ3n) is 4.35. The number of alkyl halides is 2. The van der Waals surface area contributed by atoms with E-state index >= 15 is 0 Å². The maximum Gasteiger partial charge on any atom is 0.482 e. The minimum atomic E-state index is -4.10. The molecule has 0 aliphatic heterocycles. The fraction of sp³-hybridized carbons (Fsp3) is 0.261. The van der Waals surface area contributed by atoms with Crippen LogP contribution in [0.1, 0.15) is 20.0 Å². The predicted molar refractivity (Wildman–Crippen MR) is 134 cm³/mol. The highest BCUT2D eigenvalue weighted by molar-refractivity contribution is 5.94. The molecule has 2 aromatic rings. The van der Waals surface area contributed by atoms with Crippen LogP contribution in [-0.4, -0.2) is 42.3 Å². The number of para-hydroxylation sites is 1. The average molecular weight is 510 g/mol. The number of carbonyl (C=O) groups excluding carboxylic acids is 2. The summed E-state index contributed by atoms with van der Waals surface area (Å²) < 4.78 is 38.0. The van der Waals surface area contributed by atoms with Crippen LogP contribution in [0.25, 0.3) is 0 Å². The van der Waals surface area contributed by atoms with Gasteiger partial charge in [-0.2, -0.15) is 18.9 Å². The lowest BCUT2D eigenvalue weighted by atomic mass is 10.2. The summed E-state index contributed by atoms with van der Waals surface area (Å²) in [7, 11) is 2.96. The Kier molecular flexibility index (Phi) is 12.1. The summed E-state index contributed by atoms with van der Waals surface area (Å²) in [4.78, 5) is 28.5. The molecule has 0 spiro atoms. The summed E-state index contributed by atoms with van der Waals surface area (Å²) in [6, 6.07) is 12.9. The van der Waals surface area contributed by atoms with Gasteiger partial charge in [-0.1, -0.05) is 30.3 Å². The number of benzene rings is 1. The van der Waals surface area contributed by atoms with Gasteiger partial charge in [-0.15, -0.1) is 0 Å². The molecule has 1 aliphatic rings. The van der Waals surface area contributed by atoms with Gasteiger partial charge in [0.15, 0.2) is 0 Å². The highest BCUT2D eigenvalue weighted by Gasteiger charge is 2.43. The number of pyridine rings is 1. The molecular formula is C23H33F2N7O4. The highest BCUT2D eigenvalue weighted by Crippen LogP contribution is 2.24. The van der Waals surface area contributed by atoms with Crippen LogP contribution in [0.4, 0.5) is 25.1 Å². The minimum absolute atomic E-state index is 0. The standard InChI is InChI=1S/C22H23F2N5O4.CH5N.H3N.H2/c1-28(25)29(17-10-4-2-5-11-17)21(31)32-15-16-9-8-14-19(26-16)27-20(30)22(23,24)33-18-12-6-3-7-13-18;1-2;;/h2,4-6,8-14H,3,7,15,25H2,1H3,(H,26,27,30);2H2,1H3;1H3;1H. The van der Waals surface area contributed by atoms with E-state index in [1.165, 1.54) is 44.4 Å². The zero-order chi connectivity index (χ0) is 25.8. The zero-order valence-corrected chi connectivity index (χ0v) is 20.1. The van der Waals surface area contributed by atoms with Crippen molar-refractivity contribution in [2.75, 3.05) is 24.4 Å². The maximum atomic E-state index is 14.1. The number of nitrogens with zero attached hydrogens (tertiary/aromatic N) is 3. The summed E-state index contributed by atoms with van der Waals surface area (Å²) in [6.07, 6.45) is 0.929. The van der Waals surface area contributed by atoms with E-state index in [0.717, 1.165) is 16.5 Å². The lowest BCUT2D eigenvalue weighted by Crippen LogP contribution is -2.48. The molecule has 0 atom stereocenters. The van der Waals surface area contributed by atoms with Gasteiger partial charge in [-0.25, -0.2) is 9.78 Å². The van der Waals surface area contributed by atoms with E-state index in [4.69, 9.17) is 10.6 Å². The van der Waals surface area contributed by atoms with Crippen molar-refractivity contribution in [3.8, 4) is 0 Å². The van der Waals surface area contributed by atoms with Crippen molar-refractivity contribution in [2.24, 2.45) is 11.6 Å². The van der Waals surface area contributed by atoms with E-state index in [9.17, 15) is 18.4 Å². The first-order valence-corrected chi connectivity index (χ1v) is 10.5. The molecule has 36 heavy (non-hydrogen) atoms. The number of allylic oxidation sites excluding steroid dienone is 3. The number of nitrogens with one attached hydrogen (secondary N) is 1. The molecule has 1 aromatic carbocycles. The molecule has 8 N–H and O–H groups in total. The molecule has 1 heterocycles. The second-order valence-corrected chi connectivity index (χ2v) is 6.95. The molecule has 2 amide bonds. The van der Waals surface area contributed by atoms with E-state index in [1.54, 1.807) is 36.4 Å². The third kappa shape index (κ3) is 8.70. The number of halogens is 2. The molecule has 0 bridgehead atoms. The van der Waals surface area contributed by atoms with Crippen LogP contribution in [0.3, 0.4) is 0 Å². The maximum absolute atomic E-state index is 14.1. The van der Waals surface area contributed by atoms with Crippen molar-refractivity contribution in [3.05, 3.63) is 78.2 Å². The number of nitrogens with two attached hydrogens (primary N) is 2. The van der Waals surface area contributed by atoms with Crippen molar-refractivity contribution in [1.29, 1.82) is 0 Å². The second kappa shape index (κ2) is 14.5. The fourth-order valence-electron chi connectivity index (χ4n) is 2.86. The van der Waals surface area contributed by atoms with Gasteiger partial charge >= 0.3 is 18.1 Å². The smallest absolute Gasteiger partial charge is 0.442 e. The predicted octanol–water partition coefficient (Wildman–Crippen LogP) is 3.71. The van der Waals surface area contributed by atoms with Gasteiger partial charge in [0, 0.05) is 8.47 Å². The molecule has 0 fully saturated rings. The number of amides is 2. The number of carbonyl (C=O) groups is 2. The topological polar surface area (TPSA) is 171 Å². The number of hydrazine groups is 2. The first kappa shape index (κ1) is 30.1. The summed E-state index contributed by atoms with van der Waals surface area (Å²) in [6.45, 7) is -0.287. The van der Waals surface area contributed by atoms with Crippen molar-refractivity contribution in [3.63, 3.8) is 0 Å². The summed E-state index contributed by atoms with van der Waals surface area (Å²) in [5.41, 5.74) is 5.20. The van der Waals surface area contributed by atoms with E-state index < -0.39 is 18.1 Å². The Morgan fingerprint density at radius 1 is 1.14 bits per heavy atom. The van der Waals surface area contributed by atoms with Crippen LogP contribution >= 0.6 is 0 Å². The van der Waals surface area contributed by atoms with Crippen LogP contribution in [0.15, 0.2) is 72.5 Å². The Balaban J connectivity index is 0.00000316. The van der Waals surface area contributed by atoms with E-state index in [0.29, 0.717) is 12.1 Å². The van der Waals surface area contributed by atoms with Gasteiger partial charge in [0.25, 0.3) is 0 Å². The number of anilines is 2. The van der Waals surface area contributed by atoms with Crippen LogP contribution in [0.2, 0.25) is 0 Å². The number of ether oxygens (including phenoxy) is 2. The zero-order valence-electron chi connectivity index (χ0n) is 20.1. The lowest BCUT2D eigenvalue weighted by Gasteiger charge is -2.27. The first-order valence-electron chi connectivity index (χ1n) is 10.5. The molecule has 198 valence electrons. The molecule has 0 unspecified atom stereocenters. The van der Waals surface area contributed by atoms with Gasteiger partial charge in [0.1, 0.15) is 18.2 Å². The minimum Gasteiger partial charge on any atom is -0.442 e. The third-order valence-corrected chi connectivity index (χ3v) is 4.35. The van der Waals surface area contributed by atoms with E-state index in [1.807, 2.05) is 5.32 Å². The van der Waals surface area contributed by atoms with Gasteiger partial charge in [0.2, 0.25) is 0 Å². The molecular weight excluding hydrogens is 476 g/mol. The summed E-state index contributed by atoms with van der Waals surface area (Å²) in [5.74, 6) is 3.82. The molecule has 3 rings (SSSR count). The second-order valence-electron chi connectivity index (χ2n) is 6.95. The first-order chi connectivity index (χ1) is 16.8. The Labute approximate surface area is 209 Å². The lowest BCUT2D eigenvalue weighted by molar-refractivity contribution is -0.207. The molecule has 13 heteroatoms.